The zero-order valence-electron chi connectivity index (χ0n) is 9.69. The topological polar surface area (TPSA) is 86.2 Å². The number of benzene rings is 1. The average Bonchev–Trinajstić information content (AvgIpc) is 2.38. The second-order valence-corrected chi connectivity index (χ2v) is 3.90. The van der Waals surface area contributed by atoms with E-state index in [9.17, 15) is 9.59 Å². The number of hydrogen-bond acceptors (Lipinski definition) is 4. The normalized spacial score (nSPS) is 12.1. The first-order chi connectivity index (χ1) is 8.20. The summed E-state index contributed by atoms with van der Waals surface area (Å²) in [6, 6.07) is 5.99. The number of carbonyl (C=O) groups excluding carboxylic acids is 2. The molecule has 0 saturated heterocycles. The van der Waals surface area contributed by atoms with Crippen LogP contribution < -0.4 is 11.5 Å². The maximum absolute atomic E-state index is 12.0. The van der Waals surface area contributed by atoms with Crippen molar-refractivity contribution in [1.82, 2.24) is 0 Å². The summed E-state index contributed by atoms with van der Waals surface area (Å²) in [7, 11) is 0. The first-order valence-electron chi connectivity index (χ1n) is 5.67. The Labute approximate surface area is 101 Å². The molecule has 1 aromatic carbocycles. The van der Waals surface area contributed by atoms with Gasteiger partial charge in [-0.3, -0.25) is 9.59 Å². The third-order valence-electron chi connectivity index (χ3n) is 2.61. The number of carbonyl (C=O) groups is 1. The standard InChI is InChI=1S/C13H17N2O2/c14-8-4-3-7-12(15)13(17)11-6-2-1-5-10(11)9-16/h1-2,5-6,12H,3-4,7-8,14-15H2/t12-/m1/s1. The van der Waals surface area contributed by atoms with E-state index in [1.165, 1.54) is 0 Å². The van der Waals surface area contributed by atoms with E-state index in [1.54, 1.807) is 30.6 Å². The van der Waals surface area contributed by atoms with Gasteiger partial charge in [-0.1, -0.05) is 30.7 Å². The van der Waals surface area contributed by atoms with Crippen molar-refractivity contribution in [2.24, 2.45) is 11.5 Å². The molecule has 1 rings (SSSR count). The Bertz CT molecular complexity index is 391. The van der Waals surface area contributed by atoms with Gasteiger partial charge in [-0.15, -0.1) is 0 Å². The van der Waals surface area contributed by atoms with Crippen molar-refractivity contribution in [3.8, 4) is 0 Å². The minimum atomic E-state index is -0.573. The number of rotatable bonds is 7. The predicted octanol–water partition coefficient (Wildman–Crippen LogP) is 0.783. The molecule has 4 N–H and O–H groups in total. The summed E-state index contributed by atoms with van der Waals surface area (Å²) in [6.07, 6.45) is 4.00. The SMILES string of the molecule is NCCCC[C@@H](N)C(=O)c1ccccc1[C]=O. The van der Waals surface area contributed by atoms with Gasteiger partial charge >= 0.3 is 0 Å². The molecular formula is C13H17N2O2. The van der Waals surface area contributed by atoms with Crippen LogP contribution in [0, 0.1) is 0 Å². The molecule has 0 aliphatic carbocycles. The van der Waals surface area contributed by atoms with Gasteiger partial charge in [0.2, 0.25) is 6.29 Å². The molecular weight excluding hydrogens is 216 g/mol. The van der Waals surface area contributed by atoms with Crippen LogP contribution in [-0.2, 0) is 4.79 Å². The second-order valence-electron chi connectivity index (χ2n) is 3.90. The first-order valence-corrected chi connectivity index (χ1v) is 5.67. The lowest BCUT2D eigenvalue weighted by Gasteiger charge is -2.11. The van der Waals surface area contributed by atoms with E-state index in [4.69, 9.17) is 11.5 Å². The summed E-state index contributed by atoms with van der Waals surface area (Å²) in [5.41, 5.74) is 11.8. The van der Waals surface area contributed by atoms with Gasteiger partial charge in [0.25, 0.3) is 0 Å². The highest BCUT2D eigenvalue weighted by Gasteiger charge is 2.18. The van der Waals surface area contributed by atoms with E-state index in [0.29, 0.717) is 18.5 Å². The maximum atomic E-state index is 12.0. The van der Waals surface area contributed by atoms with Gasteiger partial charge in [-0.25, -0.2) is 0 Å². The fraction of sp³-hybridized carbons (Fsp3) is 0.385. The van der Waals surface area contributed by atoms with Crippen LogP contribution in [0.2, 0.25) is 0 Å². The van der Waals surface area contributed by atoms with Crippen LogP contribution in [0.25, 0.3) is 0 Å². The van der Waals surface area contributed by atoms with E-state index in [2.05, 4.69) is 0 Å². The molecule has 0 fully saturated rings. The van der Waals surface area contributed by atoms with Crippen LogP contribution in [-0.4, -0.2) is 24.7 Å². The first kappa shape index (κ1) is 13.5. The quantitative estimate of drug-likeness (QED) is 0.538. The smallest absolute Gasteiger partial charge is 0.234 e. The van der Waals surface area contributed by atoms with Crippen molar-refractivity contribution < 1.29 is 9.59 Å². The second kappa shape index (κ2) is 6.93. The third-order valence-corrected chi connectivity index (χ3v) is 2.61. The molecule has 1 atom stereocenters. The van der Waals surface area contributed by atoms with Crippen molar-refractivity contribution in [1.29, 1.82) is 0 Å². The zero-order valence-corrected chi connectivity index (χ0v) is 9.69. The lowest BCUT2D eigenvalue weighted by Crippen LogP contribution is -2.31. The largest absolute Gasteiger partial charge is 0.330 e. The Kier molecular flexibility index (Phi) is 5.52. The van der Waals surface area contributed by atoms with Crippen LogP contribution in [0.1, 0.15) is 35.2 Å². The molecule has 0 saturated carbocycles. The highest BCUT2D eigenvalue weighted by atomic mass is 16.1. The molecule has 4 heteroatoms. The van der Waals surface area contributed by atoms with Crippen LogP contribution in [0.5, 0.6) is 0 Å². The van der Waals surface area contributed by atoms with Gasteiger partial charge in [-0.2, -0.15) is 0 Å². The minimum absolute atomic E-state index is 0.207. The van der Waals surface area contributed by atoms with Crippen LogP contribution in [0.4, 0.5) is 0 Å². The van der Waals surface area contributed by atoms with Crippen molar-refractivity contribution >= 4 is 12.1 Å². The summed E-state index contributed by atoms with van der Waals surface area (Å²) >= 11 is 0. The highest BCUT2D eigenvalue weighted by molar-refractivity contribution is 6.05. The molecule has 0 aliphatic heterocycles. The van der Waals surface area contributed by atoms with E-state index in [0.717, 1.165) is 12.8 Å². The molecule has 17 heavy (non-hydrogen) atoms. The molecule has 1 radical (unpaired) electrons. The molecule has 0 aromatic heterocycles. The van der Waals surface area contributed by atoms with Crippen molar-refractivity contribution in [2.75, 3.05) is 6.54 Å². The maximum Gasteiger partial charge on any atom is 0.234 e. The number of ketones is 1. The van der Waals surface area contributed by atoms with Gasteiger partial charge in [-0.05, 0) is 19.4 Å². The van der Waals surface area contributed by atoms with E-state index < -0.39 is 6.04 Å². The van der Waals surface area contributed by atoms with E-state index in [1.807, 2.05) is 0 Å². The van der Waals surface area contributed by atoms with Crippen LogP contribution in [0.3, 0.4) is 0 Å². The lowest BCUT2D eigenvalue weighted by molar-refractivity contribution is 0.0956. The van der Waals surface area contributed by atoms with Crippen molar-refractivity contribution in [3.63, 3.8) is 0 Å². The highest BCUT2D eigenvalue weighted by Crippen LogP contribution is 2.11. The Morgan fingerprint density at radius 2 is 2.00 bits per heavy atom. The molecule has 1 aromatic rings. The van der Waals surface area contributed by atoms with Crippen molar-refractivity contribution in [2.45, 2.75) is 25.3 Å². The zero-order chi connectivity index (χ0) is 12.7. The Morgan fingerprint density at radius 3 is 2.65 bits per heavy atom. The predicted molar refractivity (Wildman–Crippen MR) is 66.4 cm³/mol. The molecule has 91 valence electrons. The third kappa shape index (κ3) is 3.76. The molecule has 0 amide bonds. The molecule has 0 heterocycles. The van der Waals surface area contributed by atoms with E-state index in [-0.39, 0.29) is 11.3 Å². The van der Waals surface area contributed by atoms with Gasteiger partial charge in [0.1, 0.15) is 0 Å². The fourth-order valence-electron chi connectivity index (χ4n) is 1.63. The fourth-order valence-corrected chi connectivity index (χ4v) is 1.63. The van der Waals surface area contributed by atoms with Gasteiger partial charge in [0.15, 0.2) is 5.78 Å². The molecule has 0 spiro atoms. The van der Waals surface area contributed by atoms with Gasteiger partial charge < -0.3 is 11.5 Å². The van der Waals surface area contributed by atoms with Gasteiger partial charge in [0.05, 0.1) is 6.04 Å². The van der Waals surface area contributed by atoms with Crippen molar-refractivity contribution in [3.05, 3.63) is 35.4 Å². The minimum Gasteiger partial charge on any atom is -0.330 e. The molecule has 0 unspecified atom stereocenters. The Balaban J connectivity index is 2.71. The Hall–Kier alpha value is -1.52. The summed E-state index contributed by atoms with van der Waals surface area (Å²) in [4.78, 5) is 22.7. The number of nitrogens with two attached hydrogens (primary N) is 2. The summed E-state index contributed by atoms with van der Waals surface area (Å²) < 4.78 is 0. The lowest BCUT2D eigenvalue weighted by atomic mass is 9.97. The number of Topliss-reactive ketones (excluding diaryl/α,β-unsaturated/α-hetero) is 1. The monoisotopic (exact) mass is 233 g/mol. The molecule has 0 aliphatic rings. The molecule has 0 bridgehead atoms. The van der Waals surface area contributed by atoms with Gasteiger partial charge in [0, 0.05) is 11.1 Å². The van der Waals surface area contributed by atoms with Crippen LogP contribution >= 0.6 is 0 Å². The number of hydrogen-bond donors (Lipinski definition) is 2. The van der Waals surface area contributed by atoms with Crippen LogP contribution in [0.15, 0.2) is 24.3 Å². The van der Waals surface area contributed by atoms with E-state index >= 15 is 0 Å². The summed E-state index contributed by atoms with van der Waals surface area (Å²) in [5, 5.41) is 0. The molecule has 4 nitrogen and oxygen atoms in total. The Morgan fingerprint density at radius 1 is 1.29 bits per heavy atom. The number of unbranched alkanes of at least 4 members (excludes halogenated alkanes) is 1. The summed E-state index contributed by atoms with van der Waals surface area (Å²) in [5.74, 6) is -0.207. The summed E-state index contributed by atoms with van der Waals surface area (Å²) in [6.45, 7) is 0.597. The average molecular weight is 233 g/mol.